The van der Waals surface area contributed by atoms with Crippen molar-refractivity contribution in [1.82, 2.24) is 5.32 Å². The van der Waals surface area contributed by atoms with Crippen molar-refractivity contribution in [2.45, 2.75) is 26.8 Å². The van der Waals surface area contributed by atoms with Crippen LogP contribution in [0.2, 0.25) is 0 Å². The van der Waals surface area contributed by atoms with Gasteiger partial charge in [-0.2, -0.15) is 0 Å². The molecule has 16 heavy (non-hydrogen) atoms. The number of amides is 1. The Balaban J connectivity index is 3.00. The Bertz CT molecular complexity index is 370. The zero-order valence-corrected chi connectivity index (χ0v) is 10.2. The van der Waals surface area contributed by atoms with E-state index in [1.54, 1.807) is 12.2 Å². The molecule has 0 aliphatic carbocycles. The first-order valence-electron chi connectivity index (χ1n) is 5.51. The summed E-state index contributed by atoms with van der Waals surface area (Å²) in [7, 11) is 0. The molecule has 86 valence electrons. The van der Waals surface area contributed by atoms with Crippen molar-refractivity contribution in [3.8, 4) is 0 Å². The van der Waals surface area contributed by atoms with Gasteiger partial charge >= 0.3 is 0 Å². The van der Waals surface area contributed by atoms with Gasteiger partial charge in [-0.15, -0.1) is 0 Å². The van der Waals surface area contributed by atoms with E-state index in [0.29, 0.717) is 5.92 Å². The topological polar surface area (TPSA) is 29.1 Å². The Morgan fingerprint density at radius 3 is 2.75 bits per heavy atom. The molecule has 0 saturated heterocycles. The summed E-state index contributed by atoms with van der Waals surface area (Å²) < 4.78 is 0. The largest absolute Gasteiger partial charge is 0.345 e. The molecule has 2 heteroatoms. The van der Waals surface area contributed by atoms with Crippen LogP contribution in [0.4, 0.5) is 0 Å². The van der Waals surface area contributed by atoms with Gasteiger partial charge in [0.25, 0.3) is 0 Å². The number of hydrogen-bond acceptors (Lipinski definition) is 1. The van der Waals surface area contributed by atoms with E-state index in [2.05, 4.69) is 32.7 Å². The lowest BCUT2D eigenvalue weighted by molar-refractivity contribution is -0.117. The van der Waals surface area contributed by atoms with Crippen LogP contribution in [0.25, 0.3) is 0 Å². The highest BCUT2D eigenvalue weighted by molar-refractivity contribution is 5.89. The van der Waals surface area contributed by atoms with Crippen LogP contribution < -0.4 is 5.32 Å². The standard InChI is InChI=1S/C14H19NO/c1-5-6-7-12(10(2)3)14-11(4)8-9-13(16)15-14/h5-9,11,14H,1H2,2-4H3,(H,15,16)/b7-6-. The SMILES string of the molecule is C=C/C=C\C(=C(C)C)C1NC(=O)C=CC1C. The van der Waals surface area contributed by atoms with Crippen LogP contribution in [-0.2, 0) is 4.79 Å². The fourth-order valence-corrected chi connectivity index (χ4v) is 1.80. The average molecular weight is 217 g/mol. The van der Waals surface area contributed by atoms with E-state index >= 15 is 0 Å². The summed E-state index contributed by atoms with van der Waals surface area (Å²) in [6, 6.07) is 0.0682. The zero-order valence-electron chi connectivity index (χ0n) is 10.2. The second kappa shape index (κ2) is 5.50. The Labute approximate surface area is 97.4 Å². The van der Waals surface area contributed by atoms with E-state index in [0.717, 1.165) is 5.57 Å². The van der Waals surface area contributed by atoms with E-state index in [9.17, 15) is 4.79 Å². The maximum Gasteiger partial charge on any atom is 0.244 e. The number of carbonyl (C=O) groups excluding carboxylic acids is 1. The third-order valence-electron chi connectivity index (χ3n) is 2.70. The molecule has 1 amide bonds. The second-order valence-corrected chi connectivity index (χ2v) is 4.25. The lowest BCUT2D eigenvalue weighted by Crippen LogP contribution is -2.42. The molecule has 1 aliphatic rings. The Morgan fingerprint density at radius 1 is 1.50 bits per heavy atom. The fourth-order valence-electron chi connectivity index (χ4n) is 1.80. The highest BCUT2D eigenvalue weighted by Crippen LogP contribution is 2.21. The predicted octanol–water partition coefficient (Wildman–Crippen LogP) is 2.76. The summed E-state index contributed by atoms with van der Waals surface area (Å²) in [4.78, 5) is 11.4. The van der Waals surface area contributed by atoms with Crippen molar-refractivity contribution in [2.75, 3.05) is 0 Å². The molecule has 0 spiro atoms. The minimum Gasteiger partial charge on any atom is -0.345 e. The normalized spacial score (nSPS) is 24.3. The van der Waals surface area contributed by atoms with Gasteiger partial charge in [0, 0.05) is 0 Å². The van der Waals surface area contributed by atoms with E-state index in [1.807, 2.05) is 18.2 Å². The fraction of sp³-hybridized carbons (Fsp3) is 0.357. The van der Waals surface area contributed by atoms with Gasteiger partial charge in [-0.25, -0.2) is 0 Å². The number of allylic oxidation sites excluding steroid dienone is 3. The molecule has 0 aromatic heterocycles. The minimum atomic E-state index is -0.0196. The van der Waals surface area contributed by atoms with Crippen molar-refractivity contribution >= 4 is 5.91 Å². The third kappa shape index (κ3) is 2.96. The number of carbonyl (C=O) groups is 1. The lowest BCUT2D eigenvalue weighted by Gasteiger charge is -2.28. The van der Waals surface area contributed by atoms with Crippen LogP contribution in [0, 0.1) is 5.92 Å². The smallest absolute Gasteiger partial charge is 0.244 e. The quantitative estimate of drug-likeness (QED) is 0.724. The summed E-state index contributed by atoms with van der Waals surface area (Å²) in [5, 5.41) is 2.99. The molecular formula is C14H19NO. The molecule has 0 aromatic carbocycles. The second-order valence-electron chi connectivity index (χ2n) is 4.25. The number of hydrogen-bond donors (Lipinski definition) is 1. The summed E-state index contributed by atoms with van der Waals surface area (Å²) in [6.45, 7) is 9.87. The first-order valence-corrected chi connectivity index (χ1v) is 5.51. The van der Waals surface area contributed by atoms with Crippen molar-refractivity contribution in [2.24, 2.45) is 5.92 Å². The maximum atomic E-state index is 11.4. The third-order valence-corrected chi connectivity index (χ3v) is 2.70. The van der Waals surface area contributed by atoms with Crippen molar-refractivity contribution in [1.29, 1.82) is 0 Å². The van der Waals surface area contributed by atoms with Crippen molar-refractivity contribution < 1.29 is 4.79 Å². The highest BCUT2D eigenvalue weighted by atomic mass is 16.1. The average Bonchev–Trinajstić information content (AvgIpc) is 2.23. The summed E-state index contributed by atoms with van der Waals surface area (Å²) in [5.74, 6) is 0.297. The molecule has 1 rings (SSSR count). The van der Waals surface area contributed by atoms with E-state index in [1.165, 1.54) is 5.57 Å². The Hall–Kier alpha value is -1.57. The molecule has 1 heterocycles. The molecule has 2 unspecified atom stereocenters. The highest BCUT2D eigenvalue weighted by Gasteiger charge is 2.23. The van der Waals surface area contributed by atoms with Gasteiger partial charge in [-0.05, 0) is 31.4 Å². The summed E-state index contributed by atoms with van der Waals surface area (Å²) in [6.07, 6.45) is 9.21. The van der Waals surface area contributed by atoms with Crippen LogP contribution in [0.15, 0.2) is 48.1 Å². The van der Waals surface area contributed by atoms with E-state index in [4.69, 9.17) is 0 Å². The van der Waals surface area contributed by atoms with Gasteiger partial charge in [0.15, 0.2) is 0 Å². The Kier molecular flexibility index (Phi) is 4.29. The van der Waals surface area contributed by atoms with Crippen molar-refractivity contribution in [3.05, 3.63) is 48.1 Å². The van der Waals surface area contributed by atoms with Crippen LogP contribution in [0.5, 0.6) is 0 Å². The Morgan fingerprint density at radius 2 is 2.19 bits per heavy atom. The van der Waals surface area contributed by atoms with Gasteiger partial charge in [-0.3, -0.25) is 4.79 Å². The minimum absolute atomic E-state index is 0.0196. The number of nitrogens with one attached hydrogen (secondary N) is 1. The molecular weight excluding hydrogens is 198 g/mol. The van der Waals surface area contributed by atoms with E-state index in [-0.39, 0.29) is 11.9 Å². The van der Waals surface area contributed by atoms with E-state index < -0.39 is 0 Å². The lowest BCUT2D eigenvalue weighted by atomic mass is 9.89. The zero-order chi connectivity index (χ0) is 12.1. The first-order chi connectivity index (χ1) is 7.56. The maximum absolute atomic E-state index is 11.4. The number of rotatable bonds is 3. The predicted molar refractivity (Wildman–Crippen MR) is 67.9 cm³/mol. The first kappa shape index (κ1) is 12.5. The molecule has 2 atom stereocenters. The van der Waals surface area contributed by atoms with Gasteiger partial charge in [0.2, 0.25) is 5.91 Å². The molecule has 1 N–H and O–H groups in total. The van der Waals surface area contributed by atoms with Crippen LogP contribution in [0.1, 0.15) is 20.8 Å². The molecule has 0 aromatic rings. The summed E-state index contributed by atoms with van der Waals surface area (Å²) in [5.41, 5.74) is 2.37. The molecule has 0 saturated carbocycles. The molecule has 0 bridgehead atoms. The van der Waals surface area contributed by atoms with Gasteiger partial charge in [0.05, 0.1) is 6.04 Å². The van der Waals surface area contributed by atoms with Crippen LogP contribution >= 0.6 is 0 Å². The molecule has 0 radical (unpaired) electrons. The van der Waals surface area contributed by atoms with Gasteiger partial charge in [0.1, 0.15) is 0 Å². The molecule has 0 fully saturated rings. The van der Waals surface area contributed by atoms with Crippen LogP contribution in [-0.4, -0.2) is 11.9 Å². The monoisotopic (exact) mass is 217 g/mol. The summed E-state index contributed by atoms with van der Waals surface area (Å²) >= 11 is 0. The van der Waals surface area contributed by atoms with Crippen LogP contribution in [0.3, 0.4) is 0 Å². The molecule has 1 aliphatic heterocycles. The van der Waals surface area contributed by atoms with Gasteiger partial charge in [-0.1, -0.05) is 43.4 Å². The van der Waals surface area contributed by atoms with Gasteiger partial charge < -0.3 is 5.32 Å². The molecule has 2 nitrogen and oxygen atoms in total. The van der Waals surface area contributed by atoms with Crippen molar-refractivity contribution in [3.63, 3.8) is 0 Å².